The van der Waals surface area contributed by atoms with E-state index in [1.54, 1.807) is 30.3 Å². The van der Waals surface area contributed by atoms with Crippen molar-refractivity contribution in [1.82, 2.24) is 0 Å². The van der Waals surface area contributed by atoms with Gasteiger partial charge in [-0.15, -0.1) is 11.8 Å². The van der Waals surface area contributed by atoms with Crippen LogP contribution in [0.25, 0.3) is 0 Å². The van der Waals surface area contributed by atoms with Gasteiger partial charge in [0, 0.05) is 16.0 Å². The number of ether oxygens (including phenoxy) is 1. The summed E-state index contributed by atoms with van der Waals surface area (Å²) >= 11 is 7.01. The highest BCUT2D eigenvalue weighted by Gasteiger charge is 2.15. The molecule has 0 bridgehead atoms. The van der Waals surface area contributed by atoms with Crippen LogP contribution in [0.4, 0.5) is 11.4 Å². The summed E-state index contributed by atoms with van der Waals surface area (Å²) in [6, 6.07) is 12.6. The fourth-order valence-corrected chi connectivity index (χ4v) is 2.61. The van der Waals surface area contributed by atoms with Gasteiger partial charge in [-0.2, -0.15) is 0 Å². The van der Waals surface area contributed by atoms with Crippen LogP contribution in [-0.4, -0.2) is 29.2 Å². The lowest BCUT2D eigenvalue weighted by atomic mass is 10.2. The van der Waals surface area contributed by atoms with E-state index in [0.29, 0.717) is 5.02 Å². The molecule has 0 heterocycles. The maximum Gasteiger partial charge on any atom is 0.316 e. The first kappa shape index (κ1) is 18.8. The summed E-state index contributed by atoms with van der Waals surface area (Å²) in [7, 11) is 0. The zero-order valence-electron chi connectivity index (χ0n) is 12.8. The number of nitro groups is 1. The van der Waals surface area contributed by atoms with Crippen molar-refractivity contribution in [3.8, 4) is 0 Å². The number of halogens is 1. The van der Waals surface area contributed by atoms with Crippen LogP contribution in [0.2, 0.25) is 5.02 Å². The Morgan fingerprint density at radius 3 is 2.52 bits per heavy atom. The number of esters is 1. The molecule has 130 valence electrons. The Morgan fingerprint density at radius 1 is 1.16 bits per heavy atom. The number of thioether (sulfide) groups is 1. The smallest absolute Gasteiger partial charge is 0.316 e. The highest BCUT2D eigenvalue weighted by Crippen LogP contribution is 2.23. The molecular formula is C16H13ClN2O5S. The van der Waals surface area contributed by atoms with Gasteiger partial charge in [-0.05, 0) is 30.3 Å². The monoisotopic (exact) mass is 380 g/mol. The minimum absolute atomic E-state index is 0.0282. The Balaban J connectivity index is 1.79. The Kier molecular flexibility index (Phi) is 6.79. The van der Waals surface area contributed by atoms with E-state index in [1.165, 1.54) is 30.0 Å². The summed E-state index contributed by atoms with van der Waals surface area (Å²) < 4.78 is 4.85. The lowest BCUT2D eigenvalue weighted by molar-refractivity contribution is -0.383. The first-order valence-electron chi connectivity index (χ1n) is 7.03. The molecule has 2 aromatic rings. The molecule has 7 nitrogen and oxygen atoms in total. The van der Waals surface area contributed by atoms with Gasteiger partial charge in [-0.25, -0.2) is 0 Å². The molecule has 0 spiro atoms. The van der Waals surface area contributed by atoms with E-state index < -0.39 is 23.4 Å². The maximum atomic E-state index is 11.8. The Morgan fingerprint density at radius 2 is 1.84 bits per heavy atom. The van der Waals surface area contributed by atoms with Gasteiger partial charge >= 0.3 is 5.97 Å². The van der Waals surface area contributed by atoms with E-state index in [4.69, 9.17) is 16.3 Å². The molecule has 0 aliphatic rings. The van der Waals surface area contributed by atoms with E-state index in [2.05, 4.69) is 5.32 Å². The zero-order valence-corrected chi connectivity index (χ0v) is 14.4. The third-order valence-corrected chi connectivity index (χ3v) is 4.15. The standard InChI is InChI=1S/C16H13ClN2O5S/c17-11-5-7-12(8-6-11)25-10-16(21)24-9-15(20)18-13-3-1-2-4-14(13)19(22)23/h1-8H,9-10H2,(H,18,20). The number of hydrogen-bond acceptors (Lipinski definition) is 6. The number of nitrogens with one attached hydrogen (secondary N) is 1. The van der Waals surface area contributed by atoms with E-state index in [-0.39, 0.29) is 17.1 Å². The zero-order chi connectivity index (χ0) is 18.2. The van der Waals surface area contributed by atoms with Crippen molar-refractivity contribution in [1.29, 1.82) is 0 Å². The molecule has 25 heavy (non-hydrogen) atoms. The van der Waals surface area contributed by atoms with Crippen LogP contribution in [-0.2, 0) is 14.3 Å². The summed E-state index contributed by atoms with van der Waals surface area (Å²) in [5.41, 5.74) is -0.190. The van der Waals surface area contributed by atoms with Gasteiger partial charge in [-0.1, -0.05) is 23.7 Å². The molecule has 0 radical (unpaired) electrons. The molecule has 2 aromatic carbocycles. The Bertz CT molecular complexity index is 782. The molecule has 0 aliphatic heterocycles. The molecule has 0 fully saturated rings. The van der Waals surface area contributed by atoms with Gasteiger partial charge in [0.25, 0.3) is 11.6 Å². The van der Waals surface area contributed by atoms with Crippen molar-refractivity contribution < 1.29 is 19.2 Å². The van der Waals surface area contributed by atoms with Gasteiger partial charge in [0.05, 0.1) is 10.7 Å². The van der Waals surface area contributed by atoms with Crippen molar-refractivity contribution in [3.05, 3.63) is 63.7 Å². The van der Waals surface area contributed by atoms with Crippen LogP contribution in [0, 0.1) is 10.1 Å². The second-order valence-electron chi connectivity index (χ2n) is 4.73. The summed E-state index contributed by atoms with van der Waals surface area (Å²) in [6.07, 6.45) is 0. The predicted molar refractivity (Wildman–Crippen MR) is 94.9 cm³/mol. The van der Waals surface area contributed by atoms with E-state index >= 15 is 0 Å². The summed E-state index contributed by atoms with van der Waals surface area (Å²) in [5, 5.41) is 13.8. The van der Waals surface area contributed by atoms with Crippen LogP contribution in [0.5, 0.6) is 0 Å². The summed E-state index contributed by atoms with van der Waals surface area (Å²) in [4.78, 5) is 34.5. The van der Waals surface area contributed by atoms with Crippen LogP contribution >= 0.6 is 23.4 Å². The topological polar surface area (TPSA) is 98.5 Å². The second-order valence-corrected chi connectivity index (χ2v) is 6.21. The molecule has 9 heteroatoms. The molecule has 0 saturated carbocycles. The third kappa shape index (κ3) is 6.09. The molecule has 0 atom stereocenters. The number of amides is 1. The summed E-state index contributed by atoms with van der Waals surface area (Å²) in [5.74, 6) is -1.20. The molecule has 0 aliphatic carbocycles. The maximum absolute atomic E-state index is 11.8. The number of anilines is 1. The molecule has 1 amide bonds. The number of rotatable bonds is 7. The van der Waals surface area contributed by atoms with E-state index in [1.807, 2.05) is 0 Å². The van der Waals surface area contributed by atoms with Crippen LogP contribution < -0.4 is 5.32 Å². The molecule has 1 N–H and O–H groups in total. The van der Waals surface area contributed by atoms with Crippen molar-refractivity contribution in [3.63, 3.8) is 0 Å². The quantitative estimate of drug-likeness (QED) is 0.341. The van der Waals surface area contributed by atoms with Crippen molar-refractivity contribution in [2.45, 2.75) is 4.90 Å². The molecule has 0 saturated heterocycles. The van der Waals surface area contributed by atoms with Crippen molar-refractivity contribution in [2.75, 3.05) is 17.7 Å². The van der Waals surface area contributed by atoms with Gasteiger partial charge in [0.1, 0.15) is 5.69 Å². The van der Waals surface area contributed by atoms with Gasteiger partial charge in [-0.3, -0.25) is 19.7 Å². The largest absolute Gasteiger partial charge is 0.455 e. The number of benzene rings is 2. The fourth-order valence-electron chi connectivity index (χ4n) is 1.79. The number of para-hydroxylation sites is 2. The number of carbonyl (C=O) groups is 2. The third-order valence-electron chi connectivity index (χ3n) is 2.91. The van der Waals surface area contributed by atoms with Gasteiger partial charge in [0.15, 0.2) is 6.61 Å². The first-order valence-corrected chi connectivity index (χ1v) is 8.39. The van der Waals surface area contributed by atoms with Crippen molar-refractivity contribution in [2.24, 2.45) is 0 Å². The second kappa shape index (κ2) is 9.05. The lowest BCUT2D eigenvalue weighted by Gasteiger charge is -2.07. The average molecular weight is 381 g/mol. The number of nitrogens with zero attached hydrogens (tertiary/aromatic N) is 1. The van der Waals surface area contributed by atoms with E-state index in [0.717, 1.165) is 4.90 Å². The number of hydrogen-bond donors (Lipinski definition) is 1. The fraction of sp³-hybridized carbons (Fsp3) is 0.125. The highest BCUT2D eigenvalue weighted by molar-refractivity contribution is 8.00. The van der Waals surface area contributed by atoms with Crippen LogP contribution in [0.15, 0.2) is 53.4 Å². The number of nitro benzene ring substituents is 1. The van der Waals surface area contributed by atoms with Crippen LogP contribution in [0.3, 0.4) is 0 Å². The molecule has 0 aromatic heterocycles. The lowest BCUT2D eigenvalue weighted by Crippen LogP contribution is -2.22. The molecular weight excluding hydrogens is 368 g/mol. The molecule has 2 rings (SSSR count). The van der Waals surface area contributed by atoms with Crippen LogP contribution in [0.1, 0.15) is 0 Å². The SMILES string of the molecule is O=C(COC(=O)CSc1ccc(Cl)cc1)Nc1ccccc1[N+](=O)[O-]. The Labute approximate surface area is 152 Å². The highest BCUT2D eigenvalue weighted by atomic mass is 35.5. The molecule has 0 unspecified atom stereocenters. The summed E-state index contributed by atoms with van der Waals surface area (Å²) in [6.45, 7) is -0.522. The minimum atomic E-state index is -0.654. The van der Waals surface area contributed by atoms with Gasteiger partial charge in [0.2, 0.25) is 0 Å². The van der Waals surface area contributed by atoms with E-state index in [9.17, 15) is 19.7 Å². The first-order chi connectivity index (χ1) is 12.0. The normalized spacial score (nSPS) is 10.1. The minimum Gasteiger partial charge on any atom is -0.455 e. The van der Waals surface area contributed by atoms with Crippen molar-refractivity contribution >= 4 is 46.6 Å². The van der Waals surface area contributed by atoms with Gasteiger partial charge < -0.3 is 10.1 Å². The number of carbonyl (C=O) groups excluding carboxylic acids is 2. The average Bonchev–Trinajstić information content (AvgIpc) is 2.59. The predicted octanol–water partition coefficient (Wildman–Crippen LogP) is 3.52. The Hall–Kier alpha value is -2.58.